The summed E-state index contributed by atoms with van der Waals surface area (Å²) in [5.41, 5.74) is 6.37. The highest BCUT2D eigenvalue weighted by atomic mass is 32.1. The Balaban J connectivity index is 1.09. The number of anilines is 2. The van der Waals surface area contributed by atoms with Crippen molar-refractivity contribution in [2.75, 3.05) is 23.7 Å². The van der Waals surface area contributed by atoms with Crippen LogP contribution in [0.4, 0.5) is 24.7 Å². The molecule has 1 fully saturated rings. The van der Waals surface area contributed by atoms with E-state index in [1.807, 2.05) is 23.6 Å². The molecule has 1 aromatic carbocycles. The molecule has 4 aromatic heterocycles. The molecular weight excluding hydrogens is 638 g/mol. The first-order chi connectivity index (χ1) is 23.0. The summed E-state index contributed by atoms with van der Waals surface area (Å²) in [6.07, 6.45) is 1.41. The van der Waals surface area contributed by atoms with E-state index in [4.69, 9.17) is 0 Å². The molecule has 9 nitrogen and oxygen atoms in total. The number of aromatic nitrogens is 4. The molecule has 5 heterocycles. The maximum atomic E-state index is 12.9. The van der Waals surface area contributed by atoms with Crippen molar-refractivity contribution in [1.29, 1.82) is 5.26 Å². The molecule has 5 aromatic rings. The quantitative estimate of drug-likeness (QED) is 0.153. The minimum absolute atomic E-state index is 0.154. The Bertz CT molecular complexity index is 2040. The number of carbonyl (C=O) groups is 1. The fourth-order valence-electron chi connectivity index (χ4n) is 6.29. The molecule has 1 aliphatic heterocycles. The number of aryl methyl sites for hydroxylation is 4. The summed E-state index contributed by atoms with van der Waals surface area (Å²) in [5.74, 6) is 0.299. The maximum absolute atomic E-state index is 12.9. The minimum atomic E-state index is -4.27. The second-order valence-electron chi connectivity index (χ2n) is 12.1. The van der Waals surface area contributed by atoms with Crippen molar-refractivity contribution in [1.82, 2.24) is 24.4 Å². The monoisotopic (exact) mass is 672 g/mol. The van der Waals surface area contributed by atoms with Gasteiger partial charge in [-0.3, -0.25) is 14.7 Å². The van der Waals surface area contributed by atoms with E-state index in [1.165, 1.54) is 18.0 Å². The first-order valence-corrected chi connectivity index (χ1v) is 16.5. The molecule has 1 saturated heterocycles. The van der Waals surface area contributed by atoms with Crippen LogP contribution in [-0.2, 0) is 30.7 Å². The number of pyridine rings is 1. The molecular formula is C35H35F3N8OS. The molecule has 0 atom stereocenters. The highest BCUT2D eigenvalue weighted by molar-refractivity contribution is 7.18. The van der Waals surface area contributed by atoms with E-state index in [9.17, 15) is 23.2 Å². The summed E-state index contributed by atoms with van der Waals surface area (Å²) in [7, 11) is 0. The van der Waals surface area contributed by atoms with Gasteiger partial charge in [0.15, 0.2) is 0 Å². The fraction of sp³-hybridized carbons (Fsp3) is 0.343. The van der Waals surface area contributed by atoms with Crippen LogP contribution in [0.25, 0.3) is 21.1 Å². The van der Waals surface area contributed by atoms with Gasteiger partial charge in [-0.15, -0.1) is 11.3 Å². The van der Waals surface area contributed by atoms with Crippen molar-refractivity contribution in [3.8, 4) is 6.07 Å². The summed E-state index contributed by atoms with van der Waals surface area (Å²) in [6, 6.07) is 12.2. The van der Waals surface area contributed by atoms with Crippen molar-refractivity contribution in [3.05, 3.63) is 88.5 Å². The number of nitrogens with zero attached hydrogens (tertiary/aromatic N) is 6. The SMILES string of the molecule is C=CC(=O)Nc1cnc(CCn2c(C#N)cc3c(C)c(CN4CCC(Nc5ncnc6sc(CC(F)(F)F)cc56)CC4)ccc32)cc1C. The number of nitriles is 1. The second-order valence-corrected chi connectivity index (χ2v) is 13.3. The second kappa shape index (κ2) is 13.7. The van der Waals surface area contributed by atoms with Crippen molar-refractivity contribution in [2.45, 2.75) is 64.8 Å². The van der Waals surface area contributed by atoms with E-state index < -0.39 is 12.6 Å². The van der Waals surface area contributed by atoms with Crippen molar-refractivity contribution >= 4 is 49.9 Å². The summed E-state index contributed by atoms with van der Waals surface area (Å²) >= 11 is 1.06. The third-order valence-electron chi connectivity index (χ3n) is 8.86. The van der Waals surface area contributed by atoms with Gasteiger partial charge in [0.05, 0.1) is 23.7 Å². The molecule has 0 spiro atoms. The molecule has 13 heteroatoms. The lowest BCUT2D eigenvalue weighted by molar-refractivity contribution is -0.126. The van der Waals surface area contributed by atoms with Crippen LogP contribution in [0.1, 0.15) is 45.8 Å². The number of likely N-dealkylation sites (tertiary alicyclic amines) is 1. The van der Waals surface area contributed by atoms with Crippen molar-refractivity contribution in [2.24, 2.45) is 0 Å². The maximum Gasteiger partial charge on any atom is 0.393 e. The smallest absolute Gasteiger partial charge is 0.367 e. The zero-order chi connectivity index (χ0) is 34.0. The Morgan fingerprint density at radius 1 is 1.15 bits per heavy atom. The predicted molar refractivity (Wildman–Crippen MR) is 182 cm³/mol. The summed E-state index contributed by atoms with van der Waals surface area (Å²) in [6.45, 7) is 10.6. The van der Waals surface area contributed by atoms with Gasteiger partial charge < -0.3 is 15.2 Å². The van der Waals surface area contributed by atoms with Crippen LogP contribution >= 0.6 is 11.3 Å². The number of halogens is 3. The molecule has 2 N–H and O–H groups in total. The van der Waals surface area contributed by atoms with Crippen molar-refractivity contribution in [3.63, 3.8) is 0 Å². The highest BCUT2D eigenvalue weighted by Crippen LogP contribution is 2.33. The average Bonchev–Trinajstić information content (AvgIpc) is 3.63. The van der Waals surface area contributed by atoms with E-state index in [2.05, 4.69) is 62.2 Å². The normalized spacial score (nSPS) is 14.3. The average molecular weight is 673 g/mol. The van der Waals surface area contributed by atoms with Crippen LogP contribution < -0.4 is 10.6 Å². The van der Waals surface area contributed by atoms with Gasteiger partial charge in [0, 0.05) is 60.1 Å². The van der Waals surface area contributed by atoms with Gasteiger partial charge in [-0.25, -0.2) is 9.97 Å². The highest BCUT2D eigenvalue weighted by Gasteiger charge is 2.29. The number of benzene rings is 1. The third-order valence-corrected chi connectivity index (χ3v) is 9.90. The number of thiophene rings is 1. The lowest BCUT2D eigenvalue weighted by atomic mass is 10.0. The number of amides is 1. The van der Waals surface area contributed by atoms with E-state index in [0.29, 0.717) is 40.4 Å². The third kappa shape index (κ3) is 7.35. The fourth-order valence-corrected chi connectivity index (χ4v) is 7.32. The zero-order valence-corrected chi connectivity index (χ0v) is 27.5. The largest absolute Gasteiger partial charge is 0.393 e. The van der Waals surface area contributed by atoms with Crippen molar-refractivity contribution < 1.29 is 18.0 Å². The van der Waals surface area contributed by atoms with Crippen LogP contribution in [0.3, 0.4) is 0 Å². The Kier molecular flexibility index (Phi) is 9.48. The van der Waals surface area contributed by atoms with Gasteiger partial charge in [0.25, 0.3) is 0 Å². The van der Waals surface area contributed by atoms with Gasteiger partial charge in [0.1, 0.15) is 28.7 Å². The molecule has 248 valence electrons. The van der Waals surface area contributed by atoms with E-state index in [0.717, 1.165) is 71.5 Å². The molecule has 48 heavy (non-hydrogen) atoms. The number of rotatable bonds is 10. The minimum Gasteiger partial charge on any atom is -0.367 e. The van der Waals surface area contributed by atoms with Crippen LogP contribution in [0, 0.1) is 25.2 Å². The first kappa shape index (κ1) is 33.1. The first-order valence-electron chi connectivity index (χ1n) is 15.7. The molecule has 0 aliphatic carbocycles. The Hall–Kier alpha value is -4.80. The van der Waals surface area contributed by atoms with Gasteiger partial charge in [0.2, 0.25) is 5.91 Å². The number of alkyl halides is 3. The van der Waals surface area contributed by atoms with E-state index >= 15 is 0 Å². The van der Waals surface area contributed by atoms with Gasteiger partial charge in [-0.1, -0.05) is 12.6 Å². The number of piperidine rings is 1. The summed E-state index contributed by atoms with van der Waals surface area (Å²) in [5, 5.41) is 17.9. The Labute approximate surface area is 280 Å². The topological polar surface area (TPSA) is 112 Å². The number of carbonyl (C=O) groups excluding carboxylic acids is 1. The predicted octanol–water partition coefficient (Wildman–Crippen LogP) is 7.08. The number of fused-ring (bicyclic) bond motifs is 2. The molecule has 0 saturated carbocycles. The van der Waals surface area contributed by atoms with Crippen LogP contribution in [0.15, 0.2) is 55.5 Å². The van der Waals surface area contributed by atoms with Crippen LogP contribution in [0.2, 0.25) is 0 Å². The standard InChI is InChI=1S/C35H35F3N8OS/c1-4-32(47)44-30-18-40-25(13-21(30)2)9-12-46-26(17-39)14-28-22(3)23(5-6-31(28)46)19-45-10-7-24(8-11-45)43-33-29-15-27(16-35(36,37)38)48-34(29)42-20-41-33/h4-6,13-15,18,20,24H,1,7-12,16,19H2,2-3H3,(H,44,47)(H,41,42,43). The molecule has 6 rings (SSSR count). The summed E-state index contributed by atoms with van der Waals surface area (Å²) < 4.78 is 40.9. The van der Waals surface area contributed by atoms with Crippen LogP contribution in [0.5, 0.6) is 0 Å². The van der Waals surface area contributed by atoms with E-state index in [1.54, 1.807) is 12.3 Å². The summed E-state index contributed by atoms with van der Waals surface area (Å²) in [4.78, 5) is 27.9. The zero-order valence-electron chi connectivity index (χ0n) is 26.7. The number of nitrogens with one attached hydrogen (secondary N) is 2. The Morgan fingerprint density at radius 3 is 2.65 bits per heavy atom. The molecule has 0 radical (unpaired) electrons. The lowest BCUT2D eigenvalue weighted by Gasteiger charge is -2.33. The number of hydrogen-bond donors (Lipinski definition) is 2. The molecule has 1 amide bonds. The van der Waals surface area contributed by atoms with Crippen LogP contribution in [-0.4, -0.2) is 55.6 Å². The van der Waals surface area contributed by atoms with Gasteiger partial charge >= 0.3 is 6.18 Å². The van der Waals surface area contributed by atoms with Gasteiger partial charge in [-0.05, 0) is 73.7 Å². The Morgan fingerprint density at radius 2 is 1.94 bits per heavy atom. The number of hydrogen-bond acceptors (Lipinski definition) is 8. The molecule has 1 aliphatic rings. The van der Waals surface area contributed by atoms with E-state index in [-0.39, 0.29) is 16.8 Å². The lowest BCUT2D eigenvalue weighted by Crippen LogP contribution is -2.39. The van der Waals surface area contributed by atoms with Gasteiger partial charge in [-0.2, -0.15) is 18.4 Å². The molecule has 0 unspecified atom stereocenters. The molecule has 0 bridgehead atoms.